The lowest BCUT2D eigenvalue weighted by Crippen LogP contribution is -2.23. The third-order valence-corrected chi connectivity index (χ3v) is 2.96. The molecule has 0 radical (unpaired) electrons. The summed E-state index contributed by atoms with van der Waals surface area (Å²) in [4.78, 5) is 7.96. The first kappa shape index (κ1) is 11.9. The second-order valence-corrected chi connectivity index (χ2v) is 5.00. The summed E-state index contributed by atoms with van der Waals surface area (Å²) in [6.07, 6.45) is 3.10. The quantitative estimate of drug-likeness (QED) is 0.786. The predicted molar refractivity (Wildman–Crippen MR) is 63.2 cm³/mol. The highest BCUT2D eigenvalue weighted by Gasteiger charge is 2.08. The second-order valence-electron chi connectivity index (χ2n) is 3.52. The van der Waals surface area contributed by atoms with Crippen LogP contribution in [0.25, 0.3) is 0 Å². The van der Waals surface area contributed by atoms with Crippen LogP contribution in [0.1, 0.15) is 12.5 Å². The van der Waals surface area contributed by atoms with Gasteiger partial charge >= 0.3 is 0 Å². The van der Waals surface area contributed by atoms with Crippen molar-refractivity contribution in [1.82, 2.24) is 9.97 Å². The Hall–Kier alpha value is -1.17. The van der Waals surface area contributed by atoms with Gasteiger partial charge in [0.15, 0.2) is 0 Å². The molecule has 0 aliphatic heterocycles. The molecule has 2 unspecified atom stereocenters. The van der Waals surface area contributed by atoms with Crippen molar-refractivity contribution in [3.05, 3.63) is 11.9 Å². The molecule has 5 nitrogen and oxygen atoms in total. The summed E-state index contributed by atoms with van der Waals surface area (Å²) in [5, 5.41) is 3.16. The molecule has 0 spiro atoms. The minimum Gasteiger partial charge on any atom is -0.383 e. The Morgan fingerprint density at radius 2 is 2.27 bits per heavy atom. The zero-order chi connectivity index (χ0) is 11.4. The number of rotatable bonds is 4. The van der Waals surface area contributed by atoms with Crippen molar-refractivity contribution in [2.24, 2.45) is 0 Å². The van der Waals surface area contributed by atoms with Gasteiger partial charge in [0.05, 0.1) is 0 Å². The van der Waals surface area contributed by atoms with Gasteiger partial charge in [-0.25, -0.2) is 9.97 Å². The number of nitrogens with two attached hydrogens (primary N) is 1. The average molecular weight is 228 g/mol. The predicted octanol–water partition coefficient (Wildman–Crippen LogP) is 0.546. The molecule has 1 heterocycles. The maximum Gasteiger partial charge on any atom is 0.134 e. The number of anilines is 2. The molecule has 84 valence electrons. The summed E-state index contributed by atoms with van der Waals surface area (Å²) in [5.41, 5.74) is 6.47. The van der Waals surface area contributed by atoms with Crippen LogP contribution in [0.5, 0.6) is 0 Å². The van der Waals surface area contributed by atoms with Gasteiger partial charge in [0.2, 0.25) is 0 Å². The van der Waals surface area contributed by atoms with Gasteiger partial charge in [0.1, 0.15) is 18.0 Å². The third kappa shape index (κ3) is 3.47. The minimum atomic E-state index is -0.818. The molecule has 1 rings (SSSR count). The maximum absolute atomic E-state index is 11.0. The van der Waals surface area contributed by atoms with Crippen LogP contribution in [0, 0.1) is 6.92 Å². The lowest BCUT2D eigenvalue weighted by atomic mass is 10.3. The standard InChI is InChI=1S/C9H16N4OS/c1-6(4-15(3)14)13-9-7(2)8(10)11-5-12-9/h5-6H,4H2,1-3H3,(H3,10,11,12,13). The normalized spacial score (nSPS) is 14.6. The number of hydrogen-bond acceptors (Lipinski definition) is 5. The molecule has 0 amide bonds. The Morgan fingerprint density at radius 1 is 1.60 bits per heavy atom. The number of nitrogens with one attached hydrogen (secondary N) is 1. The van der Waals surface area contributed by atoms with E-state index in [-0.39, 0.29) is 6.04 Å². The topological polar surface area (TPSA) is 80.9 Å². The summed E-state index contributed by atoms with van der Waals surface area (Å²) in [6.45, 7) is 3.81. The molecule has 1 aromatic rings. The second kappa shape index (κ2) is 5.06. The smallest absolute Gasteiger partial charge is 0.134 e. The van der Waals surface area contributed by atoms with E-state index in [1.54, 1.807) is 6.26 Å². The molecule has 0 saturated heterocycles. The van der Waals surface area contributed by atoms with E-state index in [1.165, 1.54) is 6.33 Å². The number of nitrogen functional groups attached to an aromatic ring is 1. The van der Waals surface area contributed by atoms with Crippen LogP contribution in [0.3, 0.4) is 0 Å². The maximum atomic E-state index is 11.0. The average Bonchev–Trinajstić information content (AvgIpc) is 2.11. The summed E-state index contributed by atoms with van der Waals surface area (Å²) in [5.74, 6) is 1.77. The van der Waals surface area contributed by atoms with Gasteiger partial charge < -0.3 is 11.1 Å². The van der Waals surface area contributed by atoms with E-state index in [2.05, 4.69) is 15.3 Å². The van der Waals surface area contributed by atoms with Gasteiger partial charge in [-0.15, -0.1) is 0 Å². The number of nitrogens with zero attached hydrogens (tertiary/aromatic N) is 2. The van der Waals surface area contributed by atoms with Crippen LogP contribution < -0.4 is 11.1 Å². The fourth-order valence-electron chi connectivity index (χ4n) is 1.24. The molecule has 0 aromatic carbocycles. The van der Waals surface area contributed by atoms with Crippen molar-refractivity contribution in [2.75, 3.05) is 23.1 Å². The summed E-state index contributed by atoms with van der Waals surface area (Å²) in [6, 6.07) is 0.101. The molecule has 15 heavy (non-hydrogen) atoms. The first-order valence-corrected chi connectivity index (χ1v) is 6.37. The molecule has 0 bridgehead atoms. The molecule has 6 heteroatoms. The Bertz CT molecular complexity index is 369. The molecule has 0 fully saturated rings. The van der Waals surface area contributed by atoms with Crippen molar-refractivity contribution in [2.45, 2.75) is 19.9 Å². The molecular formula is C9H16N4OS. The van der Waals surface area contributed by atoms with Crippen molar-refractivity contribution in [1.29, 1.82) is 0 Å². The van der Waals surface area contributed by atoms with Crippen LogP contribution in [0.2, 0.25) is 0 Å². The van der Waals surface area contributed by atoms with Crippen LogP contribution in [0.4, 0.5) is 11.6 Å². The van der Waals surface area contributed by atoms with Crippen molar-refractivity contribution in [3.63, 3.8) is 0 Å². The van der Waals surface area contributed by atoms with Gasteiger partial charge in [0, 0.05) is 34.4 Å². The fraction of sp³-hybridized carbons (Fsp3) is 0.556. The fourth-order valence-corrected chi connectivity index (χ4v) is 2.02. The van der Waals surface area contributed by atoms with Gasteiger partial charge in [0.25, 0.3) is 0 Å². The molecular weight excluding hydrogens is 212 g/mol. The highest BCUT2D eigenvalue weighted by molar-refractivity contribution is 7.84. The van der Waals surface area contributed by atoms with E-state index in [0.29, 0.717) is 17.4 Å². The van der Waals surface area contributed by atoms with Crippen LogP contribution >= 0.6 is 0 Å². The highest BCUT2D eigenvalue weighted by atomic mass is 32.2. The summed E-state index contributed by atoms with van der Waals surface area (Å²) >= 11 is 0. The van der Waals surface area contributed by atoms with Gasteiger partial charge in [-0.05, 0) is 13.8 Å². The first-order valence-electron chi connectivity index (χ1n) is 4.64. The van der Waals surface area contributed by atoms with Crippen LogP contribution in [-0.4, -0.2) is 32.2 Å². The van der Waals surface area contributed by atoms with E-state index >= 15 is 0 Å². The van der Waals surface area contributed by atoms with Crippen molar-refractivity contribution < 1.29 is 4.21 Å². The van der Waals surface area contributed by atoms with Crippen molar-refractivity contribution in [3.8, 4) is 0 Å². The largest absolute Gasteiger partial charge is 0.383 e. The lowest BCUT2D eigenvalue weighted by Gasteiger charge is -2.14. The summed E-state index contributed by atoms with van der Waals surface area (Å²) in [7, 11) is -0.818. The molecule has 3 N–H and O–H groups in total. The Kier molecular flexibility index (Phi) is 4.02. The van der Waals surface area contributed by atoms with E-state index in [4.69, 9.17) is 5.73 Å². The van der Waals surface area contributed by atoms with E-state index in [1.807, 2.05) is 13.8 Å². The molecule has 0 saturated carbocycles. The molecule has 1 aromatic heterocycles. The zero-order valence-corrected chi connectivity index (χ0v) is 9.97. The molecule has 0 aliphatic carbocycles. The SMILES string of the molecule is Cc1c(N)ncnc1NC(C)CS(C)=O. The Labute approximate surface area is 92.0 Å². The number of hydrogen-bond donors (Lipinski definition) is 2. The first-order chi connectivity index (χ1) is 7.00. The zero-order valence-electron chi connectivity index (χ0n) is 9.15. The molecule has 0 aliphatic rings. The van der Waals surface area contributed by atoms with E-state index in [0.717, 1.165) is 5.56 Å². The lowest BCUT2D eigenvalue weighted by molar-refractivity contribution is 0.682. The van der Waals surface area contributed by atoms with E-state index < -0.39 is 10.8 Å². The monoisotopic (exact) mass is 228 g/mol. The third-order valence-electron chi connectivity index (χ3n) is 1.99. The highest BCUT2D eigenvalue weighted by Crippen LogP contribution is 2.15. The van der Waals surface area contributed by atoms with Crippen molar-refractivity contribution >= 4 is 22.4 Å². The number of aromatic nitrogens is 2. The van der Waals surface area contributed by atoms with Gasteiger partial charge in [-0.1, -0.05) is 0 Å². The minimum absolute atomic E-state index is 0.101. The Morgan fingerprint density at radius 3 is 2.87 bits per heavy atom. The van der Waals surface area contributed by atoms with Crippen LogP contribution in [-0.2, 0) is 10.8 Å². The molecule has 2 atom stereocenters. The Balaban J connectivity index is 2.72. The van der Waals surface area contributed by atoms with E-state index in [9.17, 15) is 4.21 Å². The van der Waals surface area contributed by atoms with Gasteiger partial charge in [-0.2, -0.15) is 0 Å². The van der Waals surface area contributed by atoms with Gasteiger partial charge in [-0.3, -0.25) is 4.21 Å². The van der Waals surface area contributed by atoms with Crippen LogP contribution in [0.15, 0.2) is 6.33 Å². The summed E-state index contributed by atoms with van der Waals surface area (Å²) < 4.78 is 11.0.